The molecule has 0 unspecified atom stereocenters. The fourth-order valence-corrected chi connectivity index (χ4v) is 3.70. The first-order valence-electron chi connectivity index (χ1n) is 9.41. The number of anilines is 1. The number of hydrogen-bond donors (Lipinski definition) is 3. The van der Waals surface area contributed by atoms with Crippen LogP contribution in [-0.4, -0.2) is 17.1 Å². The molecule has 3 rings (SSSR count). The van der Waals surface area contributed by atoms with Crippen molar-refractivity contribution in [2.24, 2.45) is 4.99 Å². The lowest BCUT2D eigenvalue weighted by Crippen LogP contribution is -2.39. The molecule has 4 nitrogen and oxygen atoms in total. The smallest absolute Gasteiger partial charge is 0.196 e. The molecule has 0 amide bonds. The number of phenols is 1. The molecule has 1 aliphatic carbocycles. The van der Waals surface area contributed by atoms with Gasteiger partial charge in [-0.25, -0.2) is 9.38 Å². The summed E-state index contributed by atoms with van der Waals surface area (Å²) in [5.74, 6) is 0.520. The number of nitrogens with zero attached hydrogens (tertiary/aromatic N) is 1. The van der Waals surface area contributed by atoms with Crippen molar-refractivity contribution < 1.29 is 9.50 Å². The average molecular weight is 434 g/mol. The summed E-state index contributed by atoms with van der Waals surface area (Å²) in [6, 6.07) is 12.1. The van der Waals surface area contributed by atoms with Crippen LogP contribution in [-0.2, 0) is 6.54 Å². The van der Waals surface area contributed by atoms with Gasteiger partial charge >= 0.3 is 0 Å². The van der Waals surface area contributed by atoms with E-state index >= 15 is 0 Å². The number of guanidine groups is 1. The predicted molar refractivity (Wildman–Crippen MR) is 112 cm³/mol. The van der Waals surface area contributed by atoms with Crippen molar-refractivity contribution in [3.05, 3.63) is 58.3 Å². The number of hydrogen-bond acceptors (Lipinski definition) is 2. The first kappa shape index (κ1) is 19.7. The highest BCUT2D eigenvalue weighted by molar-refractivity contribution is 9.10. The molecule has 0 saturated heterocycles. The van der Waals surface area contributed by atoms with E-state index < -0.39 is 0 Å². The Balaban J connectivity index is 1.77. The van der Waals surface area contributed by atoms with E-state index in [1.54, 1.807) is 30.3 Å². The van der Waals surface area contributed by atoms with Crippen molar-refractivity contribution in [3.8, 4) is 5.75 Å². The SMILES string of the molecule is Oc1cccc(NC(=NCc2cc(Br)ccc2F)NC2CCCCCC2)c1. The van der Waals surface area contributed by atoms with Gasteiger partial charge in [0.1, 0.15) is 11.6 Å². The van der Waals surface area contributed by atoms with Crippen LogP contribution in [0.1, 0.15) is 44.1 Å². The zero-order chi connectivity index (χ0) is 19.1. The van der Waals surface area contributed by atoms with Crippen molar-refractivity contribution in [3.63, 3.8) is 0 Å². The average Bonchev–Trinajstić information content (AvgIpc) is 2.91. The Kier molecular flexibility index (Phi) is 7.10. The normalized spacial score (nSPS) is 16.0. The van der Waals surface area contributed by atoms with Gasteiger partial charge in [-0.3, -0.25) is 0 Å². The number of halogens is 2. The van der Waals surface area contributed by atoms with E-state index in [-0.39, 0.29) is 18.1 Å². The summed E-state index contributed by atoms with van der Waals surface area (Å²) in [5.41, 5.74) is 1.27. The molecule has 0 bridgehead atoms. The third-order valence-corrected chi connectivity index (χ3v) is 5.21. The second kappa shape index (κ2) is 9.74. The van der Waals surface area contributed by atoms with E-state index in [0.29, 0.717) is 17.6 Å². The van der Waals surface area contributed by atoms with Crippen molar-refractivity contribution in [2.75, 3.05) is 5.32 Å². The zero-order valence-corrected chi connectivity index (χ0v) is 16.8. The van der Waals surface area contributed by atoms with Gasteiger partial charge in [0.2, 0.25) is 0 Å². The van der Waals surface area contributed by atoms with E-state index in [4.69, 9.17) is 0 Å². The summed E-state index contributed by atoms with van der Waals surface area (Å²) in [5, 5.41) is 16.4. The van der Waals surface area contributed by atoms with Crippen LogP contribution in [0.4, 0.5) is 10.1 Å². The van der Waals surface area contributed by atoms with Gasteiger partial charge in [0.05, 0.1) is 6.54 Å². The molecular weight excluding hydrogens is 409 g/mol. The van der Waals surface area contributed by atoms with E-state index in [9.17, 15) is 9.50 Å². The number of benzene rings is 2. The number of aliphatic imine (C=N–C) groups is 1. The minimum Gasteiger partial charge on any atom is -0.508 e. The fraction of sp³-hybridized carbons (Fsp3) is 0.381. The van der Waals surface area contributed by atoms with Crippen molar-refractivity contribution in [2.45, 2.75) is 51.1 Å². The molecule has 2 aromatic rings. The first-order chi connectivity index (χ1) is 13.1. The number of nitrogens with one attached hydrogen (secondary N) is 2. The van der Waals surface area contributed by atoms with Gasteiger partial charge in [-0.15, -0.1) is 0 Å². The Labute approximate surface area is 168 Å². The molecule has 27 heavy (non-hydrogen) atoms. The largest absolute Gasteiger partial charge is 0.508 e. The van der Waals surface area contributed by atoms with Gasteiger partial charge in [-0.2, -0.15) is 0 Å². The second-order valence-corrected chi connectivity index (χ2v) is 7.82. The zero-order valence-electron chi connectivity index (χ0n) is 15.2. The van der Waals surface area contributed by atoms with E-state index in [1.807, 2.05) is 6.07 Å². The number of phenolic OH excluding ortho intramolecular Hbond substituents is 1. The maximum absolute atomic E-state index is 14.0. The maximum atomic E-state index is 14.0. The summed E-state index contributed by atoms with van der Waals surface area (Å²) in [4.78, 5) is 4.60. The standard InChI is InChI=1S/C21H25BrFN3O/c22-16-10-11-20(23)15(12-16)14-24-21(25-17-6-3-1-2-4-7-17)26-18-8-5-9-19(27)13-18/h5,8-13,17,27H,1-4,6-7,14H2,(H2,24,25,26). The molecule has 6 heteroatoms. The maximum Gasteiger partial charge on any atom is 0.196 e. The van der Waals surface area contributed by atoms with Crippen molar-refractivity contribution >= 4 is 27.6 Å². The summed E-state index contributed by atoms with van der Waals surface area (Å²) in [6.45, 7) is 0.228. The highest BCUT2D eigenvalue weighted by atomic mass is 79.9. The summed E-state index contributed by atoms with van der Waals surface area (Å²) in [6.07, 6.45) is 7.16. The van der Waals surface area contributed by atoms with Crippen LogP contribution < -0.4 is 10.6 Å². The molecular formula is C21H25BrFN3O. The molecule has 0 aliphatic heterocycles. The monoisotopic (exact) mass is 433 g/mol. The molecule has 1 fully saturated rings. The van der Waals surface area contributed by atoms with Crippen molar-refractivity contribution in [1.29, 1.82) is 0 Å². The minimum atomic E-state index is -0.270. The van der Waals surface area contributed by atoms with Crippen molar-refractivity contribution in [1.82, 2.24) is 5.32 Å². The quantitative estimate of drug-likeness (QED) is 0.335. The molecule has 0 aromatic heterocycles. The second-order valence-electron chi connectivity index (χ2n) is 6.91. The molecule has 2 aromatic carbocycles. The Morgan fingerprint density at radius 1 is 1.11 bits per heavy atom. The lowest BCUT2D eigenvalue weighted by Gasteiger charge is -2.20. The summed E-state index contributed by atoms with van der Waals surface area (Å²) < 4.78 is 14.9. The van der Waals surface area contributed by atoms with Gasteiger partial charge in [-0.05, 0) is 43.2 Å². The van der Waals surface area contributed by atoms with Gasteiger partial charge in [0, 0.05) is 27.8 Å². The molecule has 1 aliphatic rings. The van der Waals surface area contributed by atoms with Crippen LogP contribution in [0.5, 0.6) is 5.75 Å². The molecule has 0 radical (unpaired) electrons. The van der Waals surface area contributed by atoms with Crippen LogP contribution in [0, 0.1) is 5.82 Å². The third-order valence-electron chi connectivity index (χ3n) is 4.72. The molecule has 144 valence electrons. The van der Waals surface area contributed by atoms with Crippen LogP contribution >= 0.6 is 15.9 Å². The number of aromatic hydroxyl groups is 1. The molecule has 0 spiro atoms. The van der Waals surface area contributed by atoms with Gasteiger partial charge in [0.15, 0.2) is 5.96 Å². The lowest BCUT2D eigenvalue weighted by atomic mass is 10.1. The Morgan fingerprint density at radius 2 is 1.89 bits per heavy atom. The highest BCUT2D eigenvalue weighted by Gasteiger charge is 2.14. The first-order valence-corrected chi connectivity index (χ1v) is 10.2. The van der Waals surface area contributed by atoms with Gasteiger partial charge < -0.3 is 15.7 Å². The van der Waals surface area contributed by atoms with Crippen LogP contribution in [0.25, 0.3) is 0 Å². The van der Waals surface area contributed by atoms with Crippen LogP contribution in [0.3, 0.4) is 0 Å². The van der Waals surface area contributed by atoms with Crippen LogP contribution in [0.15, 0.2) is 51.9 Å². The molecule has 3 N–H and O–H groups in total. The molecule has 0 atom stereocenters. The van der Waals surface area contributed by atoms with E-state index in [0.717, 1.165) is 23.0 Å². The Bertz CT molecular complexity index is 789. The molecule has 1 saturated carbocycles. The minimum absolute atomic E-state index is 0.187. The van der Waals surface area contributed by atoms with E-state index in [2.05, 4.69) is 31.6 Å². The Morgan fingerprint density at radius 3 is 2.63 bits per heavy atom. The molecule has 0 heterocycles. The van der Waals surface area contributed by atoms with Crippen LogP contribution in [0.2, 0.25) is 0 Å². The summed E-state index contributed by atoms with van der Waals surface area (Å²) in [7, 11) is 0. The Hall–Kier alpha value is -2.08. The summed E-state index contributed by atoms with van der Waals surface area (Å²) >= 11 is 3.38. The third kappa shape index (κ3) is 6.24. The highest BCUT2D eigenvalue weighted by Crippen LogP contribution is 2.20. The number of rotatable bonds is 4. The predicted octanol–water partition coefficient (Wildman–Crippen LogP) is 5.57. The topological polar surface area (TPSA) is 56.6 Å². The van der Waals surface area contributed by atoms with Gasteiger partial charge in [-0.1, -0.05) is 47.7 Å². The lowest BCUT2D eigenvalue weighted by molar-refractivity contribution is 0.475. The van der Waals surface area contributed by atoms with E-state index in [1.165, 1.54) is 31.7 Å². The fourth-order valence-electron chi connectivity index (χ4n) is 3.29. The van der Waals surface area contributed by atoms with Gasteiger partial charge in [0.25, 0.3) is 0 Å².